The summed E-state index contributed by atoms with van der Waals surface area (Å²) in [6.07, 6.45) is -3.71. The van der Waals surface area contributed by atoms with Crippen LogP contribution in [-0.2, 0) is 17.8 Å². The molecule has 0 radical (unpaired) electrons. The number of rotatable bonds is 8. The summed E-state index contributed by atoms with van der Waals surface area (Å²) < 4.78 is 40.1. The summed E-state index contributed by atoms with van der Waals surface area (Å²) >= 11 is 0. The number of alkyl halides is 3. The van der Waals surface area contributed by atoms with Crippen LogP contribution in [0.3, 0.4) is 0 Å². The molecule has 1 N–H and O–H groups in total. The summed E-state index contributed by atoms with van der Waals surface area (Å²) in [5.74, 6) is -0.733. The molecule has 1 amide bonds. The van der Waals surface area contributed by atoms with E-state index in [4.69, 9.17) is 0 Å². The zero-order valence-electron chi connectivity index (χ0n) is 14.8. The van der Waals surface area contributed by atoms with Crippen molar-refractivity contribution in [3.8, 4) is 5.75 Å². The van der Waals surface area contributed by atoms with Gasteiger partial charge in [-0.3, -0.25) is 9.59 Å². The Hall–Kier alpha value is -2.83. The van der Waals surface area contributed by atoms with E-state index in [2.05, 4.69) is 10.1 Å². The van der Waals surface area contributed by atoms with Crippen molar-refractivity contribution in [2.24, 2.45) is 0 Å². The lowest BCUT2D eigenvalue weighted by Crippen LogP contribution is -2.23. The van der Waals surface area contributed by atoms with Crippen molar-refractivity contribution in [2.75, 3.05) is 0 Å². The van der Waals surface area contributed by atoms with E-state index in [0.717, 1.165) is 12.0 Å². The molecular formula is C20H20F3NO3. The lowest BCUT2D eigenvalue weighted by Gasteiger charge is -2.10. The van der Waals surface area contributed by atoms with E-state index < -0.39 is 6.36 Å². The van der Waals surface area contributed by atoms with Crippen molar-refractivity contribution in [2.45, 2.75) is 39.1 Å². The average molecular weight is 379 g/mol. The average Bonchev–Trinajstić information content (AvgIpc) is 2.64. The van der Waals surface area contributed by atoms with Crippen molar-refractivity contribution in [3.63, 3.8) is 0 Å². The number of Topliss-reactive ketones (excluding diaryl/α,β-unsaturated/α-hetero) is 1. The van der Waals surface area contributed by atoms with E-state index in [9.17, 15) is 22.8 Å². The number of halogens is 3. The minimum Gasteiger partial charge on any atom is -0.406 e. The van der Waals surface area contributed by atoms with Gasteiger partial charge in [-0.25, -0.2) is 0 Å². The lowest BCUT2D eigenvalue weighted by atomic mass is 10.0. The topological polar surface area (TPSA) is 55.4 Å². The first kappa shape index (κ1) is 20.5. The van der Waals surface area contributed by atoms with E-state index in [1.54, 1.807) is 12.1 Å². The third kappa shape index (κ3) is 7.13. The molecule has 144 valence electrons. The molecule has 0 unspecified atom stereocenters. The fraction of sp³-hybridized carbons (Fsp3) is 0.300. The molecule has 0 aromatic heterocycles. The number of benzene rings is 2. The predicted molar refractivity (Wildman–Crippen MR) is 94.4 cm³/mol. The molecule has 0 saturated carbocycles. The van der Waals surface area contributed by atoms with Gasteiger partial charge in [0, 0.05) is 24.9 Å². The zero-order valence-corrected chi connectivity index (χ0v) is 14.8. The Morgan fingerprint density at radius 2 is 1.52 bits per heavy atom. The first-order chi connectivity index (χ1) is 12.8. The Kier molecular flexibility index (Phi) is 6.98. The summed E-state index contributed by atoms with van der Waals surface area (Å²) in [5, 5.41) is 2.64. The third-order valence-electron chi connectivity index (χ3n) is 3.91. The van der Waals surface area contributed by atoms with Crippen LogP contribution in [0.1, 0.15) is 41.3 Å². The highest BCUT2D eigenvalue weighted by molar-refractivity contribution is 5.97. The molecule has 0 atom stereocenters. The van der Waals surface area contributed by atoms with Crippen molar-refractivity contribution < 1.29 is 27.5 Å². The van der Waals surface area contributed by atoms with Gasteiger partial charge in [0.1, 0.15) is 5.75 Å². The van der Waals surface area contributed by atoms with Crippen LogP contribution in [0.2, 0.25) is 0 Å². The predicted octanol–water partition coefficient (Wildman–Crippen LogP) is 4.43. The van der Waals surface area contributed by atoms with Gasteiger partial charge in [-0.05, 0) is 29.7 Å². The molecule has 27 heavy (non-hydrogen) atoms. The quantitative estimate of drug-likeness (QED) is 0.691. The Morgan fingerprint density at radius 3 is 2.07 bits per heavy atom. The molecule has 0 spiro atoms. The van der Waals surface area contributed by atoms with Crippen LogP contribution < -0.4 is 10.1 Å². The number of ether oxygens (including phenoxy) is 1. The Bertz CT molecular complexity index is 769. The van der Waals surface area contributed by atoms with E-state index in [1.165, 1.54) is 24.3 Å². The minimum atomic E-state index is -4.74. The van der Waals surface area contributed by atoms with Crippen molar-refractivity contribution in [1.82, 2.24) is 5.32 Å². The third-order valence-corrected chi connectivity index (χ3v) is 3.91. The summed E-state index contributed by atoms with van der Waals surface area (Å²) in [7, 11) is 0. The Labute approximate surface area is 155 Å². The summed E-state index contributed by atoms with van der Waals surface area (Å²) in [6.45, 7) is 2.18. The van der Waals surface area contributed by atoms with Crippen LogP contribution in [0.4, 0.5) is 13.2 Å². The molecule has 0 heterocycles. The van der Waals surface area contributed by atoms with Crippen molar-refractivity contribution in [3.05, 3.63) is 65.2 Å². The molecule has 0 aliphatic carbocycles. The molecule has 7 heteroatoms. The van der Waals surface area contributed by atoms with Gasteiger partial charge in [0.25, 0.3) is 0 Å². The second-order valence-electron chi connectivity index (χ2n) is 5.94. The maximum Gasteiger partial charge on any atom is 0.573 e. The second-order valence-corrected chi connectivity index (χ2v) is 5.94. The van der Waals surface area contributed by atoms with Crippen molar-refractivity contribution >= 4 is 11.7 Å². The standard InChI is InChI=1S/C20H20F3NO3/c1-2-14-3-7-16(8-4-14)18(25)11-12-19(26)24-13-15-5-9-17(10-6-15)27-20(21,22)23/h3-10H,2,11-13H2,1H3,(H,24,26). The van der Waals surface area contributed by atoms with Crippen LogP contribution in [0.15, 0.2) is 48.5 Å². The van der Waals surface area contributed by atoms with Crippen LogP contribution in [0, 0.1) is 0 Å². The normalized spacial score (nSPS) is 11.1. The fourth-order valence-corrected chi connectivity index (χ4v) is 2.40. The second kappa shape index (κ2) is 9.21. The molecule has 2 rings (SSSR count). The van der Waals surface area contributed by atoms with Gasteiger partial charge >= 0.3 is 6.36 Å². The zero-order chi connectivity index (χ0) is 19.9. The summed E-state index contributed by atoms with van der Waals surface area (Å²) in [5.41, 5.74) is 2.33. The molecule has 2 aromatic rings. The van der Waals surface area contributed by atoms with Crippen LogP contribution in [-0.4, -0.2) is 18.1 Å². The Morgan fingerprint density at radius 1 is 0.926 bits per heavy atom. The highest BCUT2D eigenvalue weighted by Crippen LogP contribution is 2.22. The van der Waals surface area contributed by atoms with Crippen LogP contribution in [0.25, 0.3) is 0 Å². The minimum absolute atomic E-state index is 0.0453. The van der Waals surface area contributed by atoms with Crippen molar-refractivity contribution in [1.29, 1.82) is 0 Å². The van der Waals surface area contributed by atoms with Gasteiger partial charge in [0.15, 0.2) is 5.78 Å². The highest BCUT2D eigenvalue weighted by Gasteiger charge is 2.30. The Balaban J connectivity index is 1.76. The SMILES string of the molecule is CCc1ccc(C(=O)CCC(=O)NCc2ccc(OC(F)(F)F)cc2)cc1. The number of carbonyl (C=O) groups is 2. The van der Waals surface area contributed by atoms with Gasteiger partial charge in [-0.15, -0.1) is 13.2 Å². The molecule has 0 fully saturated rings. The van der Waals surface area contributed by atoms with E-state index in [-0.39, 0.29) is 36.8 Å². The van der Waals surface area contributed by atoms with E-state index >= 15 is 0 Å². The van der Waals surface area contributed by atoms with Gasteiger partial charge in [-0.1, -0.05) is 43.3 Å². The van der Waals surface area contributed by atoms with E-state index in [0.29, 0.717) is 11.1 Å². The molecule has 0 aliphatic rings. The number of carbonyl (C=O) groups excluding carboxylic acids is 2. The largest absolute Gasteiger partial charge is 0.573 e. The number of aryl methyl sites for hydroxylation is 1. The van der Waals surface area contributed by atoms with Crippen LogP contribution in [0.5, 0.6) is 5.75 Å². The van der Waals surface area contributed by atoms with E-state index in [1.807, 2.05) is 19.1 Å². The number of ketones is 1. The number of amides is 1. The molecular weight excluding hydrogens is 359 g/mol. The van der Waals surface area contributed by atoms with Gasteiger partial charge in [0.05, 0.1) is 0 Å². The maximum atomic E-state index is 12.1. The van der Waals surface area contributed by atoms with Gasteiger partial charge < -0.3 is 10.1 Å². The number of hydrogen-bond acceptors (Lipinski definition) is 3. The molecule has 2 aromatic carbocycles. The molecule has 0 aliphatic heterocycles. The first-order valence-corrected chi connectivity index (χ1v) is 8.50. The maximum absolute atomic E-state index is 12.1. The van der Waals surface area contributed by atoms with Gasteiger partial charge in [-0.2, -0.15) is 0 Å². The molecule has 0 bridgehead atoms. The number of hydrogen-bond donors (Lipinski definition) is 1. The summed E-state index contributed by atoms with van der Waals surface area (Å²) in [6, 6.07) is 12.5. The molecule has 0 saturated heterocycles. The smallest absolute Gasteiger partial charge is 0.406 e. The molecule has 4 nitrogen and oxygen atoms in total. The van der Waals surface area contributed by atoms with Crippen LogP contribution >= 0.6 is 0 Å². The fourth-order valence-electron chi connectivity index (χ4n) is 2.40. The summed E-state index contributed by atoms with van der Waals surface area (Å²) in [4.78, 5) is 24.0. The number of nitrogens with one attached hydrogen (secondary N) is 1. The van der Waals surface area contributed by atoms with Gasteiger partial charge in [0.2, 0.25) is 5.91 Å². The highest BCUT2D eigenvalue weighted by atomic mass is 19.4. The lowest BCUT2D eigenvalue weighted by molar-refractivity contribution is -0.274. The first-order valence-electron chi connectivity index (χ1n) is 8.50. The monoisotopic (exact) mass is 379 g/mol.